The molecule has 1 unspecified atom stereocenters. The number of hydrogen-bond acceptors (Lipinski definition) is 7. The lowest BCUT2D eigenvalue weighted by Crippen LogP contribution is -2.31. The maximum atomic E-state index is 13.2. The summed E-state index contributed by atoms with van der Waals surface area (Å²) >= 11 is 12.4. The average Bonchev–Trinajstić information content (AvgIpc) is 3.50. The van der Waals surface area contributed by atoms with Crippen molar-refractivity contribution in [2.24, 2.45) is 0 Å². The molecule has 0 bridgehead atoms. The van der Waals surface area contributed by atoms with Gasteiger partial charge in [-0.25, -0.2) is 4.72 Å². The fourth-order valence-electron chi connectivity index (χ4n) is 4.06. The molecule has 4 rings (SSSR count). The fourth-order valence-corrected chi connectivity index (χ4v) is 5.24. The monoisotopic (exact) mass is 580 g/mol. The first-order chi connectivity index (χ1) is 18.0. The van der Waals surface area contributed by atoms with Crippen LogP contribution < -0.4 is 9.46 Å². The Morgan fingerprint density at radius 3 is 2.53 bits per heavy atom. The topological polar surface area (TPSA) is 131 Å². The second kappa shape index (κ2) is 11.4. The highest BCUT2D eigenvalue weighted by Crippen LogP contribution is 2.29. The predicted octanol–water partition coefficient (Wildman–Crippen LogP) is 5.45. The molecule has 0 saturated carbocycles. The van der Waals surface area contributed by atoms with Crippen molar-refractivity contribution < 1.29 is 32.2 Å². The van der Waals surface area contributed by atoms with Crippen molar-refractivity contribution in [1.82, 2.24) is 9.71 Å². The maximum absolute atomic E-state index is 13.2. The summed E-state index contributed by atoms with van der Waals surface area (Å²) in [5, 5.41) is 11.0. The zero-order chi connectivity index (χ0) is 27.6. The lowest BCUT2D eigenvalue weighted by molar-refractivity contribution is -0.0918. The van der Waals surface area contributed by atoms with Crippen molar-refractivity contribution in [2.75, 3.05) is 13.7 Å². The SMILES string of the molecule is COC(O)c1ccc(S(=O)(=O)NC(=O)c2[nH]c3cc(Cl)ccc3c2CCCOc2cc(C)c(Cl)c(C)c2)o1. The van der Waals surface area contributed by atoms with Crippen molar-refractivity contribution in [1.29, 1.82) is 0 Å². The first kappa shape index (κ1) is 28.0. The number of benzene rings is 2. The highest BCUT2D eigenvalue weighted by molar-refractivity contribution is 7.90. The standard InChI is InChI=1S/C26H26Cl2N2O7S/c1-14-11-17(12-15(2)23(14)28)36-10-4-5-19-18-7-6-16(27)13-20(18)29-24(19)25(31)30-38(33,34)22-9-8-21(37-22)26(32)35-3/h6-9,11-13,26,29,32H,4-5,10H2,1-3H3,(H,30,31). The Morgan fingerprint density at radius 1 is 1.13 bits per heavy atom. The average molecular weight is 581 g/mol. The lowest BCUT2D eigenvalue weighted by atomic mass is 10.1. The van der Waals surface area contributed by atoms with Gasteiger partial charge < -0.3 is 24.0 Å². The lowest BCUT2D eigenvalue weighted by Gasteiger charge is -2.11. The van der Waals surface area contributed by atoms with Gasteiger partial charge >= 0.3 is 0 Å². The largest absolute Gasteiger partial charge is 0.494 e. The van der Waals surface area contributed by atoms with E-state index in [1.807, 2.05) is 30.7 Å². The Labute approximate surface area is 229 Å². The summed E-state index contributed by atoms with van der Waals surface area (Å²) in [7, 11) is -3.15. The van der Waals surface area contributed by atoms with Crippen molar-refractivity contribution in [2.45, 2.75) is 38.1 Å². The van der Waals surface area contributed by atoms with Crippen LogP contribution in [0.2, 0.25) is 10.0 Å². The number of ether oxygens (including phenoxy) is 2. The highest BCUT2D eigenvalue weighted by Gasteiger charge is 2.27. The van der Waals surface area contributed by atoms with Crippen LogP contribution in [0.1, 0.15) is 45.6 Å². The molecule has 0 aliphatic rings. The minimum absolute atomic E-state index is 0.0766. The van der Waals surface area contributed by atoms with E-state index in [1.165, 1.54) is 13.2 Å². The first-order valence-corrected chi connectivity index (χ1v) is 13.8. The molecule has 202 valence electrons. The summed E-state index contributed by atoms with van der Waals surface area (Å²) < 4.78 is 43.4. The molecule has 2 aromatic heterocycles. The van der Waals surface area contributed by atoms with Gasteiger partial charge in [0.15, 0.2) is 5.76 Å². The number of H-pyrrole nitrogens is 1. The van der Waals surface area contributed by atoms with Crippen LogP contribution in [0.25, 0.3) is 10.9 Å². The number of sulfonamides is 1. The summed E-state index contributed by atoms with van der Waals surface area (Å²) in [4.78, 5) is 16.1. The number of hydrogen-bond donors (Lipinski definition) is 3. The van der Waals surface area contributed by atoms with Crippen molar-refractivity contribution in [3.05, 3.63) is 80.7 Å². The van der Waals surface area contributed by atoms with E-state index in [2.05, 4.69) is 4.98 Å². The van der Waals surface area contributed by atoms with E-state index in [4.69, 9.17) is 37.1 Å². The first-order valence-electron chi connectivity index (χ1n) is 11.6. The number of furan rings is 1. The fraction of sp³-hybridized carbons (Fsp3) is 0.269. The third kappa shape index (κ3) is 6.00. The molecule has 2 aromatic carbocycles. The molecule has 1 atom stereocenters. The molecule has 0 radical (unpaired) electrons. The summed E-state index contributed by atoms with van der Waals surface area (Å²) in [5.41, 5.74) is 3.11. The second-order valence-corrected chi connectivity index (χ2v) is 11.1. The third-order valence-corrected chi connectivity index (χ3v) is 7.94. The van der Waals surface area contributed by atoms with Gasteiger partial charge in [-0.15, -0.1) is 0 Å². The van der Waals surface area contributed by atoms with E-state index >= 15 is 0 Å². The number of amides is 1. The van der Waals surface area contributed by atoms with Crippen LogP contribution in [-0.2, 0) is 21.2 Å². The normalized spacial score (nSPS) is 12.6. The van der Waals surface area contributed by atoms with Crippen LogP contribution in [0.3, 0.4) is 0 Å². The Hall–Kier alpha value is -3.02. The summed E-state index contributed by atoms with van der Waals surface area (Å²) in [6.45, 7) is 4.17. The van der Waals surface area contributed by atoms with E-state index in [9.17, 15) is 18.3 Å². The van der Waals surface area contributed by atoms with Crippen LogP contribution in [0, 0.1) is 13.8 Å². The van der Waals surface area contributed by atoms with Crippen LogP contribution in [0.15, 0.2) is 52.0 Å². The Morgan fingerprint density at radius 2 is 1.84 bits per heavy atom. The van der Waals surface area contributed by atoms with Crippen LogP contribution in [-0.4, -0.2) is 38.1 Å². The summed E-state index contributed by atoms with van der Waals surface area (Å²) in [6, 6.07) is 11.2. The van der Waals surface area contributed by atoms with Crippen molar-refractivity contribution >= 4 is 50.0 Å². The van der Waals surface area contributed by atoms with Crippen LogP contribution >= 0.6 is 23.2 Å². The molecule has 3 N–H and O–H groups in total. The van der Waals surface area contributed by atoms with Crippen molar-refractivity contribution in [3.8, 4) is 5.75 Å². The number of aliphatic hydroxyl groups excluding tert-OH is 1. The van der Waals surface area contributed by atoms with E-state index in [0.717, 1.165) is 22.6 Å². The van der Waals surface area contributed by atoms with Gasteiger partial charge in [0.25, 0.3) is 15.9 Å². The number of nitrogens with one attached hydrogen (secondary N) is 2. The molecule has 1 amide bonds. The number of aromatic nitrogens is 1. The number of aryl methyl sites for hydroxylation is 3. The molecule has 0 aliphatic carbocycles. The zero-order valence-corrected chi connectivity index (χ0v) is 23.1. The smallest absolute Gasteiger partial charge is 0.297 e. The van der Waals surface area contributed by atoms with Gasteiger partial charge in [0.1, 0.15) is 11.4 Å². The molecule has 12 heteroatoms. The molecule has 4 aromatic rings. The summed E-state index contributed by atoms with van der Waals surface area (Å²) in [6.07, 6.45) is -0.483. The molecule has 38 heavy (non-hydrogen) atoms. The molecule has 9 nitrogen and oxygen atoms in total. The van der Waals surface area contributed by atoms with Gasteiger partial charge in [-0.1, -0.05) is 29.3 Å². The molecule has 0 saturated heterocycles. The van der Waals surface area contributed by atoms with Gasteiger partial charge in [0, 0.05) is 28.1 Å². The number of fused-ring (bicyclic) bond motifs is 1. The molecule has 0 fully saturated rings. The molecule has 0 aliphatic heterocycles. The minimum atomic E-state index is -4.38. The number of halogens is 2. The Kier molecular flexibility index (Phi) is 8.39. The van der Waals surface area contributed by atoms with Gasteiger partial charge in [0.05, 0.1) is 6.61 Å². The predicted molar refractivity (Wildman–Crippen MR) is 143 cm³/mol. The zero-order valence-electron chi connectivity index (χ0n) is 20.8. The van der Waals surface area contributed by atoms with Crippen molar-refractivity contribution in [3.63, 3.8) is 0 Å². The van der Waals surface area contributed by atoms with E-state index < -0.39 is 27.3 Å². The molecule has 0 spiro atoms. The quantitative estimate of drug-likeness (QED) is 0.168. The van der Waals surface area contributed by atoms with E-state index in [0.29, 0.717) is 46.3 Å². The Bertz CT molecular complexity index is 1570. The van der Waals surface area contributed by atoms with Crippen LogP contribution in [0.4, 0.5) is 0 Å². The number of carbonyl (C=O) groups is 1. The van der Waals surface area contributed by atoms with E-state index in [1.54, 1.807) is 18.2 Å². The third-order valence-electron chi connectivity index (χ3n) is 5.91. The molecular weight excluding hydrogens is 555 g/mol. The summed E-state index contributed by atoms with van der Waals surface area (Å²) in [5.74, 6) is -0.301. The number of methoxy groups -OCH3 is 1. The maximum Gasteiger partial charge on any atom is 0.297 e. The molecule has 2 heterocycles. The Balaban J connectivity index is 1.54. The number of rotatable bonds is 10. The van der Waals surface area contributed by atoms with Crippen LogP contribution in [0.5, 0.6) is 5.75 Å². The van der Waals surface area contributed by atoms with E-state index in [-0.39, 0.29) is 11.5 Å². The highest BCUT2D eigenvalue weighted by atomic mass is 35.5. The second-order valence-electron chi connectivity index (χ2n) is 8.67. The minimum Gasteiger partial charge on any atom is -0.494 e. The van der Waals surface area contributed by atoms with Gasteiger partial charge in [-0.2, -0.15) is 8.42 Å². The number of aromatic amines is 1. The van der Waals surface area contributed by atoms with Gasteiger partial charge in [-0.3, -0.25) is 4.79 Å². The number of carbonyl (C=O) groups excluding carboxylic acids is 1. The van der Waals surface area contributed by atoms with Gasteiger partial charge in [-0.05, 0) is 79.8 Å². The number of aliphatic hydroxyl groups is 1. The molecular formula is C26H26Cl2N2O7S. The van der Waals surface area contributed by atoms with Gasteiger partial charge in [0.2, 0.25) is 11.4 Å².